The first-order valence-corrected chi connectivity index (χ1v) is 8.35. The standard InChI is InChI=1S/C20H20N2O4/c1-4-24-18-10-15(11-23)6-8-17(18)25-12-19-21-20(22-26-19)16-7-5-13(2)9-14(16)3/h5-11H,4,12H2,1-3H3. The lowest BCUT2D eigenvalue weighted by molar-refractivity contribution is 0.112. The molecule has 1 aromatic heterocycles. The van der Waals surface area contributed by atoms with Crippen LogP contribution in [0.1, 0.15) is 34.3 Å². The van der Waals surface area contributed by atoms with Gasteiger partial charge in [0.15, 0.2) is 18.1 Å². The number of rotatable bonds is 7. The van der Waals surface area contributed by atoms with Gasteiger partial charge >= 0.3 is 0 Å². The fourth-order valence-electron chi connectivity index (χ4n) is 2.61. The molecule has 0 bridgehead atoms. The maximum atomic E-state index is 10.9. The molecule has 0 N–H and O–H groups in total. The van der Waals surface area contributed by atoms with Crippen LogP contribution in [0.5, 0.6) is 11.5 Å². The van der Waals surface area contributed by atoms with Gasteiger partial charge in [0, 0.05) is 11.1 Å². The van der Waals surface area contributed by atoms with E-state index in [0.717, 1.165) is 17.4 Å². The Labute approximate surface area is 151 Å². The number of benzene rings is 2. The van der Waals surface area contributed by atoms with Gasteiger partial charge in [0.05, 0.1) is 6.61 Å². The lowest BCUT2D eigenvalue weighted by atomic mass is 10.1. The quantitative estimate of drug-likeness (QED) is 0.595. The average Bonchev–Trinajstić information content (AvgIpc) is 3.09. The minimum atomic E-state index is 0.110. The lowest BCUT2D eigenvalue weighted by Gasteiger charge is -2.10. The normalized spacial score (nSPS) is 10.6. The molecule has 2 aromatic carbocycles. The van der Waals surface area contributed by atoms with Crippen molar-refractivity contribution in [3.05, 3.63) is 59.0 Å². The first kappa shape index (κ1) is 17.7. The molecule has 6 heteroatoms. The van der Waals surface area contributed by atoms with Gasteiger partial charge in [-0.1, -0.05) is 28.9 Å². The zero-order valence-corrected chi connectivity index (χ0v) is 15.0. The van der Waals surface area contributed by atoms with Crippen molar-refractivity contribution in [3.8, 4) is 22.9 Å². The number of hydrogen-bond donors (Lipinski definition) is 0. The molecule has 1 heterocycles. The molecule has 0 spiro atoms. The second kappa shape index (κ2) is 7.82. The molecule has 134 valence electrons. The summed E-state index contributed by atoms with van der Waals surface area (Å²) in [5.74, 6) is 1.92. The summed E-state index contributed by atoms with van der Waals surface area (Å²) in [4.78, 5) is 15.3. The van der Waals surface area contributed by atoms with E-state index < -0.39 is 0 Å². The highest BCUT2D eigenvalue weighted by Gasteiger charge is 2.13. The second-order valence-electron chi connectivity index (χ2n) is 5.88. The Morgan fingerprint density at radius 3 is 2.65 bits per heavy atom. The summed E-state index contributed by atoms with van der Waals surface area (Å²) >= 11 is 0. The number of aldehydes is 1. The summed E-state index contributed by atoms with van der Waals surface area (Å²) in [6.45, 7) is 6.50. The molecule has 0 amide bonds. The molecule has 0 fully saturated rings. The fourth-order valence-corrected chi connectivity index (χ4v) is 2.61. The van der Waals surface area contributed by atoms with Gasteiger partial charge in [-0.05, 0) is 44.5 Å². The van der Waals surface area contributed by atoms with Gasteiger partial charge in [-0.3, -0.25) is 4.79 Å². The van der Waals surface area contributed by atoms with Crippen LogP contribution < -0.4 is 9.47 Å². The highest BCUT2D eigenvalue weighted by molar-refractivity contribution is 5.76. The molecule has 0 aliphatic rings. The Hall–Kier alpha value is -3.15. The molecular weight excluding hydrogens is 332 g/mol. The lowest BCUT2D eigenvalue weighted by Crippen LogP contribution is -2.00. The van der Waals surface area contributed by atoms with E-state index in [0.29, 0.717) is 35.4 Å². The van der Waals surface area contributed by atoms with E-state index in [-0.39, 0.29) is 6.61 Å². The van der Waals surface area contributed by atoms with Crippen molar-refractivity contribution in [1.82, 2.24) is 10.1 Å². The van der Waals surface area contributed by atoms with Crippen molar-refractivity contribution in [2.24, 2.45) is 0 Å². The van der Waals surface area contributed by atoms with Crippen LogP contribution in [0.15, 0.2) is 40.9 Å². The second-order valence-corrected chi connectivity index (χ2v) is 5.88. The molecule has 6 nitrogen and oxygen atoms in total. The van der Waals surface area contributed by atoms with Crippen LogP contribution in [-0.2, 0) is 6.61 Å². The third-order valence-corrected chi connectivity index (χ3v) is 3.85. The van der Waals surface area contributed by atoms with Crippen LogP contribution in [0.4, 0.5) is 0 Å². The molecule has 0 radical (unpaired) electrons. The van der Waals surface area contributed by atoms with Crippen molar-refractivity contribution in [2.45, 2.75) is 27.4 Å². The summed E-state index contributed by atoms with van der Waals surface area (Å²) in [7, 11) is 0. The molecule has 0 saturated carbocycles. The molecule has 0 atom stereocenters. The maximum Gasteiger partial charge on any atom is 0.264 e. The van der Waals surface area contributed by atoms with Crippen LogP contribution in [0.3, 0.4) is 0 Å². The molecule has 0 aliphatic heterocycles. The third kappa shape index (κ3) is 3.91. The number of aryl methyl sites for hydroxylation is 2. The summed E-state index contributed by atoms with van der Waals surface area (Å²) < 4.78 is 16.5. The average molecular weight is 352 g/mol. The van der Waals surface area contributed by atoms with Crippen molar-refractivity contribution in [3.63, 3.8) is 0 Å². The number of hydrogen-bond acceptors (Lipinski definition) is 6. The number of carbonyl (C=O) groups excluding carboxylic acids is 1. The van der Waals surface area contributed by atoms with E-state index in [4.69, 9.17) is 14.0 Å². The number of aromatic nitrogens is 2. The maximum absolute atomic E-state index is 10.9. The van der Waals surface area contributed by atoms with E-state index >= 15 is 0 Å². The number of ether oxygens (including phenoxy) is 2. The fraction of sp³-hybridized carbons (Fsp3) is 0.250. The first-order chi connectivity index (χ1) is 12.6. The van der Waals surface area contributed by atoms with E-state index in [9.17, 15) is 4.79 Å². The van der Waals surface area contributed by atoms with Gasteiger partial charge in [0.1, 0.15) is 6.29 Å². The minimum Gasteiger partial charge on any atom is -0.490 e. The van der Waals surface area contributed by atoms with E-state index in [2.05, 4.69) is 16.2 Å². The molecular formula is C20H20N2O4. The van der Waals surface area contributed by atoms with Crippen LogP contribution in [0, 0.1) is 13.8 Å². The van der Waals surface area contributed by atoms with Crippen LogP contribution in [0.2, 0.25) is 0 Å². The molecule has 0 aliphatic carbocycles. The van der Waals surface area contributed by atoms with Gasteiger partial charge in [0.25, 0.3) is 5.89 Å². The zero-order valence-electron chi connectivity index (χ0n) is 15.0. The summed E-state index contributed by atoms with van der Waals surface area (Å²) in [5.41, 5.74) is 3.72. The molecule has 0 saturated heterocycles. The largest absolute Gasteiger partial charge is 0.490 e. The Balaban J connectivity index is 1.75. The SMILES string of the molecule is CCOc1cc(C=O)ccc1OCc1nc(-c2ccc(C)cc2C)no1. The van der Waals surface area contributed by atoms with Crippen molar-refractivity contribution in [1.29, 1.82) is 0 Å². The Morgan fingerprint density at radius 1 is 1.08 bits per heavy atom. The van der Waals surface area contributed by atoms with Crippen molar-refractivity contribution < 1.29 is 18.8 Å². The first-order valence-electron chi connectivity index (χ1n) is 8.35. The monoisotopic (exact) mass is 352 g/mol. The van der Waals surface area contributed by atoms with Crippen molar-refractivity contribution >= 4 is 6.29 Å². The summed E-state index contributed by atoms with van der Waals surface area (Å²) in [6.07, 6.45) is 0.764. The van der Waals surface area contributed by atoms with E-state index in [1.165, 1.54) is 5.56 Å². The highest BCUT2D eigenvalue weighted by Crippen LogP contribution is 2.29. The number of nitrogens with zero attached hydrogens (tertiary/aromatic N) is 2. The van der Waals surface area contributed by atoms with E-state index in [1.54, 1.807) is 18.2 Å². The van der Waals surface area contributed by atoms with Crippen LogP contribution in [0.25, 0.3) is 11.4 Å². The summed E-state index contributed by atoms with van der Waals surface area (Å²) in [6, 6.07) is 11.1. The Bertz CT molecular complexity index is 918. The molecule has 0 unspecified atom stereocenters. The summed E-state index contributed by atoms with van der Waals surface area (Å²) in [5, 5.41) is 4.03. The van der Waals surface area contributed by atoms with E-state index in [1.807, 2.05) is 32.9 Å². The predicted molar refractivity (Wildman–Crippen MR) is 96.5 cm³/mol. The minimum absolute atomic E-state index is 0.110. The molecule has 26 heavy (non-hydrogen) atoms. The van der Waals surface area contributed by atoms with Gasteiger partial charge < -0.3 is 14.0 Å². The van der Waals surface area contributed by atoms with Gasteiger partial charge in [-0.25, -0.2) is 0 Å². The topological polar surface area (TPSA) is 74.5 Å². The highest BCUT2D eigenvalue weighted by atomic mass is 16.5. The number of carbonyl (C=O) groups is 1. The Morgan fingerprint density at radius 2 is 1.92 bits per heavy atom. The van der Waals surface area contributed by atoms with Gasteiger partial charge in [-0.2, -0.15) is 4.98 Å². The zero-order chi connectivity index (χ0) is 18.5. The molecule has 3 rings (SSSR count). The van der Waals surface area contributed by atoms with Crippen LogP contribution >= 0.6 is 0 Å². The molecule has 3 aromatic rings. The van der Waals surface area contributed by atoms with Crippen molar-refractivity contribution in [2.75, 3.05) is 6.61 Å². The van der Waals surface area contributed by atoms with Gasteiger partial charge in [-0.15, -0.1) is 0 Å². The predicted octanol–water partition coefficient (Wildman–Crippen LogP) is 4.14. The van der Waals surface area contributed by atoms with Gasteiger partial charge in [0.2, 0.25) is 5.82 Å². The smallest absolute Gasteiger partial charge is 0.264 e. The van der Waals surface area contributed by atoms with Crippen LogP contribution in [-0.4, -0.2) is 23.0 Å². The Kier molecular flexibility index (Phi) is 5.31. The third-order valence-electron chi connectivity index (χ3n) is 3.85.